The molecule has 1 N–H and O–H groups in total. The summed E-state index contributed by atoms with van der Waals surface area (Å²) in [6.07, 6.45) is 1.43. The lowest BCUT2D eigenvalue weighted by Crippen LogP contribution is -2.24. The van der Waals surface area contributed by atoms with Crippen molar-refractivity contribution in [2.75, 3.05) is 6.61 Å². The summed E-state index contributed by atoms with van der Waals surface area (Å²) >= 11 is 1.30. The molecule has 3 rings (SSSR count). The van der Waals surface area contributed by atoms with Crippen molar-refractivity contribution in [3.63, 3.8) is 0 Å². The van der Waals surface area contributed by atoms with Crippen LogP contribution >= 0.6 is 11.3 Å². The molecule has 0 saturated heterocycles. The first kappa shape index (κ1) is 20.7. The highest BCUT2D eigenvalue weighted by Crippen LogP contribution is 2.17. The second-order valence-corrected chi connectivity index (χ2v) is 6.72. The molecule has 152 valence electrons. The van der Waals surface area contributed by atoms with Gasteiger partial charge in [0.05, 0.1) is 11.1 Å². The number of esters is 1. The smallest absolute Gasteiger partial charge is 0.353 e. The number of carbonyl (C=O) groups excluding carboxylic acids is 2. The Morgan fingerprint density at radius 3 is 2.40 bits per heavy atom. The first-order valence-corrected chi connectivity index (χ1v) is 9.44. The van der Waals surface area contributed by atoms with E-state index in [1.165, 1.54) is 41.8 Å². The van der Waals surface area contributed by atoms with E-state index in [-0.39, 0.29) is 12.3 Å². The van der Waals surface area contributed by atoms with Crippen LogP contribution in [0, 0.1) is 10.1 Å². The van der Waals surface area contributed by atoms with Crippen molar-refractivity contribution in [2.24, 2.45) is 5.10 Å². The van der Waals surface area contributed by atoms with Gasteiger partial charge in [-0.05, 0) is 53.4 Å². The maximum atomic E-state index is 11.9. The van der Waals surface area contributed by atoms with E-state index in [0.717, 1.165) is 0 Å². The van der Waals surface area contributed by atoms with Crippen LogP contribution in [-0.2, 0) is 4.79 Å². The van der Waals surface area contributed by atoms with E-state index >= 15 is 0 Å². The molecule has 0 saturated carbocycles. The number of ether oxygens (including phenoxy) is 2. The second-order valence-electron chi connectivity index (χ2n) is 5.77. The Labute approximate surface area is 174 Å². The van der Waals surface area contributed by atoms with Gasteiger partial charge in [0.15, 0.2) is 6.61 Å². The van der Waals surface area contributed by atoms with Gasteiger partial charge in [-0.1, -0.05) is 6.07 Å². The second kappa shape index (κ2) is 9.94. The molecule has 0 fully saturated rings. The number of benzene rings is 2. The zero-order chi connectivity index (χ0) is 21.3. The minimum absolute atomic E-state index is 0.0660. The van der Waals surface area contributed by atoms with Gasteiger partial charge >= 0.3 is 5.97 Å². The molecular formula is C20H15N3O6S. The Balaban J connectivity index is 1.43. The SMILES string of the molecule is O=C(COc1ccc([N+](=O)[O-])cc1)N/N=C/c1ccc(OC(=O)c2cccs2)cc1. The lowest BCUT2D eigenvalue weighted by atomic mass is 10.2. The maximum Gasteiger partial charge on any atom is 0.353 e. The van der Waals surface area contributed by atoms with Crippen LogP contribution in [0.5, 0.6) is 11.5 Å². The van der Waals surface area contributed by atoms with E-state index in [2.05, 4.69) is 10.5 Å². The molecule has 0 bridgehead atoms. The van der Waals surface area contributed by atoms with E-state index in [1.807, 2.05) is 0 Å². The molecule has 1 aromatic heterocycles. The quantitative estimate of drug-likeness (QED) is 0.194. The summed E-state index contributed by atoms with van der Waals surface area (Å²) < 4.78 is 10.5. The van der Waals surface area contributed by atoms with Crippen LogP contribution in [0.25, 0.3) is 0 Å². The fourth-order valence-corrected chi connectivity index (χ4v) is 2.80. The van der Waals surface area contributed by atoms with E-state index in [4.69, 9.17) is 9.47 Å². The van der Waals surface area contributed by atoms with Crippen molar-refractivity contribution in [1.82, 2.24) is 5.43 Å². The number of rotatable bonds is 8. The number of nitro groups is 1. The maximum absolute atomic E-state index is 11.9. The molecule has 3 aromatic rings. The molecule has 0 aliphatic rings. The van der Waals surface area contributed by atoms with Gasteiger partial charge in [0.25, 0.3) is 11.6 Å². The Bertz CT molecular complexity index is 1050. The first-order valence-electron chi connectivity index (χ1n) is 8.56. The molecule has 1 amide bonds. The summed E-state index contributed by atoms with van der Waals surface area (Å²) in [4.78, 5) is 34.2. The number of hydrazone groups is 1. The van der Waals surface area contributed by atoms with Gasteiger partial charge in [-0.15, -0.1) is 11.3 Å². The summed E-state index contributed by atoms with van der Waals surface area (Å²) in [7, 11) is 0. The zero-order valence-corrected chi connectivity index (χ0v) is 16.2. The van der Waals surface area contributed by atoms with Gasteiger partial charge in [0, 0.05) is 12.1 Å². The largest absolute Gasteiger partial charge is 0.484 e. The lowest BCUT2D eigenvalue weighted by Gasteiger charge is -2.04. The number of nitro benzene ring substituents is 1. The molecule has 10 heteroatoms. The van der Waals surface area contributed by atoms with Crippen molar-refractivity contribution >= 4 is 35.1 Å². The number of carbonyl (C=O) groups is 2. The van der Waals surface area contributed by atoms with Crippen LogP contribution < -0.4 is 14.9 Å². The molecule has 9 nitrogen and oxygen atoms in total. The summed E-state index contributed by atoms with van der Waals surface area (Å²) in [6, 6.07) is 15.4. The van der Waals surface area contributed by atoms with Crippen LogP contribution in [-0.4, -0.2) is 29.6 Å². The van der Waals surface area contributed by atoms with Crippen molar-refractivity contribution in [3.8, 4) is 11.5 Å². The summed E-state index contributed by atoms with van der Waals surface area (Å²) in [6.45, 7) is -0.299. The predicted octanol–water partition coefficient (Wildman–Crippen LogP) is 3.40. The number of nitrogens with zero attached hydrogens (tertiary/aromatic N) is 2. The number of hydrogen-bond acceptors (Lipinski definition) is 8. The molecule has 2 aromatic carbocycles. The van der Waals surface area contributed by atoms with Gasteiger partial charge in [0.2, 0.25) is 0 Å². The number of thiophene rings is 1. The van der Waals surface area contributed by atoms with Crippen LogP contribution in [0.1, 0.15) is 15.2 Å². The number of amides is 1. The lowest BCUT2D eigenvalue weighted by molar-refractivity contribution is -0.384. The van der Waals surface area contributed by atoms with Gasteiger partial charge in [-0.25, -0.2) is 10.2 Å². The molecule has 30 heavy (non-hydrogen) atoms. The topological polar surface area (TPSA) is 120 Å². The average molecular weight is 425 g/mol. The van der Waals surface area contributed by atoms with Crippen molar-refractivity contribution in [1.29, 1.82) is 0 Å². The Morgan fingerprint density at radius 1 is 1.07 bits per heavy atom. The highest BCUT2D eigenvalue weighted by molar-refractivity contribution is 7.12. The highest BCUT2D eigenvalue weighted by atomic mass is 32.1. The van der Waals surface area contributed by atoms with E-state index in [9.17, 15) is 19.7 Å². The Kier molecular flexibility index (Phi) is 6.85. The first-order chi connectivity index (χ1) is 14.5. The molecule has 0 radical (unpaired) electrons. The van der Waals surface area contributed by atoms with Gasteiger partial charge < -0.3 is 9.47 Å². The van der Waals surface area contributed by atoms with Gasteiger partial charge in [-0.2, -0.15) is 5.10 Å². The van der Waals surface area contributed by atoms with Crippen molar-refractivity contribution in [3.05, 3.63) is 86.6 Å². The fraction of sp³-hybridized carbons (Fsp3) is 0.0500. The summed E-state index contributed by atoms with van der Waals surface area (Å²) in [5.74, 6) is -0.198. The third-order valence-corrected chi connectivity index (χ3v) is 4.48. The summed E-state index contributed by atoms with van der Waals surface area (Å²) in [5.41, 5.74) is 2.93. The Hall–Kier alpha value is -4.05. The van der Waals surface area contributed by atoms with Crippen molar-refractivity contribution in [2.45, 2.75) is 0 Å². The van der Waals surface area contributed by atoms with Crippen LogP contribution in [0.15, 0.2) is 71.1 Å². The van der Waals surface area contributed by atoms with Crippen LogP contribution in [0.2, 0.25) is 0 Å². The molecule has 0 unspecified atom stereocenters. The predicted molar refractivity (Wildman–Crippen MR) is 110 cm³/mol. The minimum atomic E-state index is -0.522. The van der Waals surface area contributed by atoms with Crippen LogP contribution in [0.4, 0.5) is 5.69 Å². The standard InChI is InChI=1S/C20H15N3O6S/c24-19(13-28-16-9-5-15(6-10-16)23(26)27)22-21-12-14-3-7-17(8-4-14)29-20(25)18-2-1-11-30-18/h1-12H,13H2,(H,22,24)/b21-12+. The number of nitrogens with one attached hydrogen (secondary N) is 1. The molecule has 0 aliphatic carbocycles. The molecule has 0 aliphatic heterocycles. The third kappa shape index (κ3) is 5.97. The number of non-ortho nitro benzene ring substituents is 1. The zero-order valence-electron chi connectivity index (χ0n) is 15.4. The summed E-state index contributed by atoms with van der Waals surface area (Å²) in [5, 5.41) is 16.2. The van der Waals surface area contributed by atoms with Crippen LogP contribution in [0.3, 0.4) is 0 Å². The number of hydrogen-bond donors (Lipinski definition) is 1. The van der Waals surface area contributed by atoms with E-state index in [0.29, 0.717) is 21.9 Å². The van der Waals surface area contributed by atoms with E-state index < -0.39 is 16.8 Å². The minimum Gasteiger partial charge on any atom is -0.484 e. The van der Waals surface area contributed by atoms with Crippen molar-refractivity contribution < 1.29 is 24.0 Å². The van der Waals surface area contributed by atoms with Gasteiger partial charge in [0.1, 0.15) is 16.4 Å². The molecule has 0 atom stereocenters. The molecule has 0 spiro atoms. The van der Waals surface area contributed by atoms with Gasteiger partial charge in [-0.3, -0.25) is 14.9 Å². The fourth-order valence-electron chi connectivity index (χ4n) is 2.20. The average Bonchev–Trinajstić information content (AvgIpc) is 3.29. The molecular weight excluding hydrogens is 410 g/mol. The highest BCUT2D eigenvalue weighted by Gasteiger charge is 2.09. The molecule has 1 heterocycles. The monoisotopic (exact) mass is 425 g/mol. The Morgan fingerprint density at radius 2 is 1.77 bits per heavy atom. The van der Waals surface area contributed by atoms with E-state index in [1.54, 1.807) is 41.8 Å². The normalized spacial score (nSPS) is 10.5. The third-order valence-electron chi connectivity index (χ3n) is 3.63.